The zero-order chi connectivity index (χ0) is 22.5. The van der Waals surface area contributed by atoms with Crippen molar-refractivity contribution in [3.8, 4) is 17.0 Å². The molecule has 4 heterocycles. The number of pyridine rings is 2. The summed E-state index contributed by atoms with van der Waals surface area (Å²) in [5.74, 6) is 0.425. The van der Waals surface area contributed by atoms with E-state index in [2.05, 4.69) is 10.1 Å². The lowest BCUT2D eigenvalue weighted by Gasteiger charge is -2.30. The van der Waals surface area contributed by atoms with Gasteiger partial charge in [0.1, 0.15) is 12.3 Å². The van der Waals surface area contributed by atoms with Crippen LogP contribution in [0.2, 0.25) is 0 Å². The van der Waals surface area contributed by atoms with Gasteiger partial charge in [-0.2, -0.15) is 5.10 Å². The van der Waals surface area contributed by atoms with E-state index in [0.717, 1.165) is 21.5 Å². The summed E-state index contributed by atoms with van der Waals surface area (Å²) in [6.07, 6.45) is 2.09. The second kappa shape index (κ2) is 7.40. The van der Waals surface area contributed by atoms with Crippen LogP contribution in [0.1, 0.15) is 41.2 Å². The van der Waals surface area contributed by atoms with Crippen molar-refractivity contribution in [2.24, 2.45) is 0 Å². The fourth-order valence-corrected chi connectivity index (χ4v) is 4.01. The van der Waals surface area contributed by atoms with Gasteiger partial charge in [0, 0.05) is 18.0 Å². The Hall–Kier alpha value is -3.36. The molecule has 162 valence electrons. The summed E-state index contributed by atoms with van der Waals surface area (Å²) in [6.45, 7) is 6.95. The third-order valence-corrected chi connectivity index (χ3v) is 5.53. The SMILES string of the molecule is COc1cc(-c2cc(C)c3c(n2)C(C)(C)N(c2cnn(CC(F)F)c2)C3=O)cnc1C. The molecular weight excluding hydrogens is 404 g/mol. The Morgan fingerprint density at radius 1 is 1.19 bits per heavy atom. The van der Waals surface area contributed by atoms with Crippen LogP contribution in [0.5, 0.6) is 5.75 Å². The lowest BCUT2D eigenvalue weighted by atomic mass is 9.96. The first-order valence-electron chi connectivity index (χ1n) is 9.81. The smallest absolute Gasteiger partial charge is 0.261 e. The molecular formula is C22H23F2N5O2. The molecule has 0 N–H and O–H groups in total. The quantitative estimate of drug-likeness (QED) is 0.612. The highest BCUT2D eigenvalue weighted by atomic mass is 19.3. The van der Waals surface area contributed by atoms with E-state index in [1.165, 1.54) is 12.4 Å². The number of aryl methyl sites for hydroxylation is 2. The lowest BCUT2D eigenvalue weighted by Crippen LogP contribution is -2.39. The summed E-state index contributed by atoms with van der Waals surface area (Å²) in [6, 6.07) is 3.72. The molecule has 0 atom stereocenters. The first kappa shape index (κ1) is 20.9. The molecule has 1 aliphatic rings. The minimum atomic E-state index is -2.53. The van der Waals surface area contributed by atoms with Crippen LogP contribution in [-0.4, -0.2) is 39.2 Å². The molecule has 1 amide bonds. The third-order valence-electron chi connectivity index (χ3n) is 5.53. The Morgan fingerprint density at radius 3 is 2.61 bits per heavy atom. The maximum absolute atomic E-state index is 13.3. The van der Waals surface area contributed by atoms with Gasteiger partial charge in [0.15, 0.2) is 0 Å². The summed E-state index contributed by atoms with van der Waals surface area (Å²) in [4.78, 5) is 24.1. The second-order valence-electron chi connectivity index (χ2n) is 8.07. The topological polar surface area (TPSA) is 73.1 Å². The largest absolute Gasteiger partial charge is 0.495 e. The van der Waals surface area contributed by atoms with E-state index >= 15 is 0 Å². The van der Waals surface area contributed by atoms with Crippen molar-refractivity contribution in [3.05, 3.63) is 53.2 Å². The number of carbonyl (C=O) groups is 1. The number of hydrogen-bond donors (Lipinski definition) is 0. The van der Waals surface area contributed by atoms with E-state index in [1.54, 1.807) is 18.2 Å². The van der Waals surface area contributed by atoms with Crippen molar-refractivity contribution in [3.63, 3.8) is 0 Å². The molecule has 31 heavy (non-hydrogen) atoms. The number of hydrogen-bond acceptors (Lipinski definition) is 5. The number of amides is 1. The maximum atomic E-state index is 13.3. The fourth-order valence-electron chi connectivity index (χ4n) is 4.01. The molecule has 0 saturated carbocycles. The molecule has 0 spiro atoms. The van der Waals surface area contributed by atoms with Gasteiger partial charge in [-0.25, -0.2) is 13.8 Å². The van der Waals surface area contributed by atoms with Crippen LogP contribution in [0.25, 0.3) is 11.3 Å². The number of anilines is 1. The molecule has 0 aliphatic carbocycles. The molecule has 4 rings (SSSR count). The van der Waals surface area contributed by atoms with Gasteiger partial charge in [0.25, 0.3) is 12.3 Å². The number of methoxy groups -OCH3 is 1. The van der Waals surface area contributed by atoms with E-state index in [0.29, 0.717) is 28.4 Å². The standard InChI is InChI=1S/C22H23F2N5O2/c1-12-6-16(14-7-17(31-5)13(2)25-8-14)27-20-19(12)21(30)29(22(20,3)4)15-9-26-28(10-15)11-18(23)24/h6-10,18H,11H2,1-5H3. The number of halogens is 2. The summed E-state index contributed by atoms with van der Waals surface area (Å²) in [7, 11) is 1.59. The Labute approximate surface area is 178 Å². The van der Waals surface area contributed by atoms with Crippen molar-refractivity contribution in [1.82, 2.24) is 19.7 Å². The average molecular weight is 427 g/mol. The lowest BCUT2D eigenvalue weighted by molar-refractivity contribution is 0.0981. The third kappa shape index (κ3) is 3.43. The zero-order valence-corrected chi connectivity index (χ0v) is 18.0. The van der Waals surface area contributed by atoms with Crippen LogP contribution >= 0.6 is 0 Å². The summed E-state index contributed by atoms with van der Waals surface area (Å²) < 4.78 is 32.0. The van der Waals surface area contributed by atoms with E-state index in [1.807, 2.05) is 39.8 Å². The van der Waals surface area contributed by atoms with Crippen molar-refractivity contribution in [1.29, 1.82) is 0 Å². The fraction of sp³-hybridized carbons (Fsp3) is 0.364. The van der Waals surface area contributed by atoms with Crippen LogP contribution in [0.4, 0.5) is 14.5 Å². The molecule has 0 fully saturated rings. The average Bonchev–Trinajstić information content (AvgIpc) is 3.21. The van der Waals surface area contributed by atoms with E-state index in [-0.39, 0.29) is 5.91 Å². The van der Waals surface area contributed by atoms with Crippen molar-refractivity contribution in [2.45, 2.75) is 46.2 Å². The first-order chi connectivity index (χ1) is 14.6. The molecule has 3 aromatic heterocycles. The van der Waals surface area contributed by atoms with Gasteiger partial charge in [-0.1, -0.05) is 0 Å². The van der Waals surface area contributed by atoms with Crippen LogP contribution in [-0.2, 0) is 12.1 Å². The van der Waals surface area contributed by atoms with Crippen molar-refractivity contribution >= 4 is 11.6 Å². The Bertz CT molecular complexity index is 1170. The molecule has 0 bridgehead atoms. The molecule has 0 unspecified atom stereocenters. The molecule has 0 saturated heterocycles. The van der Waals surface area contributed by atoms with Gasteiger partial charge in [0.05, 0.1) is 47.2 Å². The summed E-state index contributed by atoms with van der Waals surface area (Å²) >= 11 is 0. The molecule has 0 aromatic carbocycles. The van der Waals surface area contributed by atoms with E-state index in [9.17, 15) is 13.6 Å². The highest BCUT2D eigenvalue weighted by molar-refractivity contribution is 6.12. The van der Waals surface area contributed by atoms with Gasteiger partial charge < -0.3 is 4.74 Å². The molecule has 1 aliphatic heterocycles. The van der Waals surface area contributed by atoms with Gasteiger partial charge >= 0.3 is 0 Å². The van der Waals surface area contributed by atoms with Crippen molar-refractivity contribution < 1.29 is 18.3 Å². The first-order valence-corrected chi connectivity index (χ1v) is 9.81. The highest BCUT2D eigenvalue weighted by Crippen LogP contribution is 2.43. The Kier molecular flexibility index (Phi) is 4.99. The monoisotopic (exact) mass is 427 g/mol. The predicted molar refractivity (Wildman–Crippen MR) is 112 cm³/mol. The summed E-state index contributed by atoms with van der Waals surface area (Å²) in [5, 5.41) is 3.98. The van der Waals surface area contributed by atoms with Gasteiger partial charge in [-0.15, -0.1) is 0 Å². The predicted octanol–water partition coefficient (Wildman–Crippen LogP) is 4.13. The van der Waals surface area contributed by atoms with E-state index < -0.39 is 18.5 Å². The van der Waals surface area contributed by atoms with E-state index in [4.69, 9.17) is 9.72 Å². The normalized spacial score (nSPS) is 15.0. The highest BCUT2D eigenvalue weighted by Gasteiger charge is 2.47. The van der Waals surface area contributed by atoms with Crippen LogP contribution in [0.15, 0.2) is 30.7 Å². The number of nitrogens with zero attached hydrogens (tertiary/aromatic N) is 5. The Morgan fingerprint density at radius 2 is 1.94 bits per heavy atom. The van der Waals surface area contributed by atoms with Crippen LogP contribution in [0, 0.1) is 13.8 Å². The summed E-state index contributed by atoms with van der Waals surface area (Å²) in [5.41, 5.74) is 3.79. The maximum Gasteiger partial charge on any atom is 0.261 e. The Balaban J connectivity index is 1.79. The number of rotatable bonds is 5. The van der Waals surface area contributed by atoms with Crippen LogP contribution in [0.3, 0.4) is 0 Å². The minimum absolute atomic E-state index is 0.229. The molecule has 7 nitrogen and oxygen atoms in total. The number of alkyl halides is 2. The molecule has 9 heteroatoms. The number of ether oxygens (including phenoxy) is 1. The molecule has 3 aromatic rings. The number of aromatic nitrogens is 4. The zero-order valence-electron chi connectivity index (χ0n) is 18.0. The van der Waals surface area contributed by atoms with Gasteiger partial charge in [-0.3, -0.25) is 19.4 Å². The number of carbonyl (C=O) groups excluding carboxylic acids is 1. The van der Waals surface area contributed by atoms with Crippen molar-refractivity contribution in [2.75, 3.05) is 12.0 Å². The number of fused-ring (bicyclic) bond motifs is 1. The second-order valence-corrected chi connectivity index (χ2v) is 8.07. The minimum Gasteiger partial charge on any atom is -0.495 e. The van der Waals surface area contributed by atoms with Crippen LogP contribution < -0.4 is 9.64 Å². The van der Waals surface area contributed by atoms with Gasteiger partial charge in [0.2, 0.25) is 0 Å². The van der Waals surface area contributed by atoms with Gasteiger partial charge in [-0.05, 0) is 45.4 Å². The molecule has 0 radical (unpaired) electrons.